The predicted molar refractivity (Wildman–Crippen MR) is 84.0 cm³/mol. The van der Waals surface area contributed by atoms with Crippen LogP contribution in [0.15, 0.2) is 28.7 Å². The average molecular weight is 325 g/mol. The number of aromatic nitrogens is 3. The van der Waals surface area contributed by atoms with Crippen LogP contribution in [0.2, 0.25) is 0 Å². The topological polar surface area (TPSA) is 105 Å². The van der Waals surface area contributed by atoms with E-state index < -0.39 is 0 Å². The first kappa shape index (κ1) is 14.9. The fourth-order valence-corrected chi connectivity index (χ4v) is 2.80. The molecule has 3 aromatic rings. The van der Waals surface area contributed by atoms with Gasteiger partial charge in [-0.25, -0.2) is 4.98 Å². The molecule has 0 saturated carbocycles. The van der Waals surface area contributed by atoms with Gasteiger partial charge >= 0.3 is 6.01 Å². The minimum Gasteiger partial charge on any atom is -0.402 e. The summed E-state index contributed by atoms with van der Waals surface area (Å²) in [5.74, 6) is -0.0647. The van der Waals surface area contributed by atoms with Gasteiger partial charge in [-0.1, -0.05) is 5.10 Å². The van der Waals surface area contributed by atoms with E-state index in [1.807, 2.05) is 19.9 Å². The van der Waals surface area contributed by atoms with Crippen LogP contribution in [0.25, 0.3) is 10.8 Å². The number of hydrogen-bond acceptors (Lipinski definition) is 7. The zero-order valence-corrected chi connectivity index (χ0v) is 13.1. The van der Waals surface area contributed by atoms with E-state index in [2.05, 4.69) is 20.5 Å². The summed E-state index contributed by atoms with van der Waals surface area (Å²) in [6.45, 7) is 3.75. The Balaban J connectivity index is 1.77. The van der Waals surface area contributed by atoms with Gasteiger partial charge in [0, 0.05) is 5.56 Å². The molecule has 0 aliphatic carbocycles. The number of carbonyl (C=O) groups excluding carboxylic acids is 1. The van der Waals surface area contributed by atoms with E-state index in [1.165, 1.54) is 11.3 Å². The summed E-state index contributed by atoms with van der Waals surface area (Å²) in [5.41, 5.74) is 1.69. The van der Waals surface area contributed by atoms with Crippen LogP contribution in [-0.2, 0) is 0 Å². The lowest BCUT2D eigenvalue weighted by atomic mass is 10.1. The van der Waals surface area contributed by atoms with E-state index in [-0.39, 0.29) is 11.9 Å². The Bertz CT molecular complexity index is 905. The van der Waals surface area contributed by atoms with E-state index in [9.17, 15) is 4.79 Å². The predicted octanol–water partition coefficient (Wildman–Crippen LogP) is 2.93. The Morgan fingerprint density at radius 3 is 2.61 bits per heavy atom. The monoisotopic (exact) mass is 325 g/mol. The minimum atomic E-state index is -0.387. The van der Waals surface area contributed by atoms with Crippen molar-refractivity contribution in [2.75, 3.05) is 5.32 Å². The lowest BCUT2D eigenvalue weighted by molar-refractivity contribution is 0.102. The van der Waals surface area contributed by atoms with E-state index in [4.69, 9.17) is 9.68 Å². The molecule has 2 aromatic heterocycles. The van der Waals surface area contributed by atoms with Crippen LogP contribution in [0, 0.1) is 25.2 Å². The van der Waals surface area contributed by atoms with Gasteiger partial charge in [-0.3, -0.25) is 10.1 Å². The summed E-state index contributed by atoms with van der Waals surface area (Å²) in [5, 5.41) is 19.9. The Morgan fingerprint density at radius 1 is 1.26 bits per heavy atom. The van der Waals surface area contributed by atoms with Gasteiger partial charge in [-0.2, -0.15) is 5.26 Å². The van der Waals surface area contributed by atoms with E-state index >= 15 is 0 Å². The van der Waals surface area contributed by atoms with Gasteiger partial charge in [0.05, 0.1) is 22.3 Å². The van der Waals surface area contributed by atoms with Gasteiger partial charge in [0.25, 0.3) is 11.8 Å². The van der Waals surface area contributed by atoms with Crippen LogP contribution in [0.3, 0.4) is 0 Å². The number of anilines is 1. The highest BCUT2D eigenvalue weighted by Gasteiger charge is 2.16. The first-order chi connectivity index (χ1) is 11.1. The summed E-state index contributed by atoms with van der Waals surface area (Å²) in [6.07, 6.45) is 0. The zero-order chi connectivity index (χ0) is 16.4. The van der Waals surface area contributed by atoms with Crippen molar-refractivity contribution >= 4 is 23.3 Å². The summed E-state index contributed by atoms with van der Waals surface area (Å²) < 4.78 is 5.46. The van der Waals surface area contributed by atoms with Crippen molar-refractivity contribution in [3.63, 3.8) is 0 Å². The molecule has 7 nitrogen and oxygen atoms in total. The quantitative estimate of drug-likeness (QED) is 0.794. The third-order valence-corrected chi connectivity index (χ3v) is 4.08. The van der Waals surface area contributed by atoms with Crippen LogP contribution >= 0.6 is 11.3 Å². The highest BCUT2D eigenvalue weighted by atomic mass is 32.1. The van der Waals surface area contributed by atoms with E-state index in [0.29, 0.717) is 17.0 Å². The molecule has 0 aliphatic rings. The van der Waals surface area contributed by atoms with Crippen LogP contribution in [-0.4, -0.2) is 21.1 Å². The number of amides is 1. The molecule has 0 unspecified atom stereocenters. The number of hydrogen-bond donors (Lipinski definition) is 1. The molecule has 0 fully saturated rings. The third kappa shape index (κ3) is 3.09. The maximum atomic E-state index is 12.1. The lowest BCUT2D eigenvalue weighted by Crippen LogP contribution is -2.11. The molecule has 0 saturated heterocycles. The summed E-state index contributed by atoms with van der Waals surface area (Å²) in [4.78, 5) is 17.2. The van der Waals surface area contributed by atoms with E-state index in [0.717, 1.165) is 15.6 Å². The van der Waals surface area contributed by atoms with Crippen LogP contribution < -0.4 is 5.32 Å². The number of nitriles is 1. The van der Waals surface area contributed by atoms with Crippen LogP contribution in [0.5, 0.6) is 0 Å². The summed E-state index contributed by atoms with van der Waals surface area (Å²) >= 11 is 1.45. The summed E-state index contributed by atoms with van der Waals surface area (Å²) in [7, 11) is 0. The van der Waals surface area contributed by atoms with Crippen LogP contribution in [0.1, 0.15) is 26.6 Å². The molecule has 0 atom stereocenters. The Hall–Kier alpha value is -3.05. The van der Waals surface area contributed by atoms with Gasteiger partial charge in [0.2, 0.25) is 0 Å². The van der Waals surface area contributed by atoms with Gasteiger partial charge < -0.3 is 4.42 Å². The van der Waals surface area contributed by atoms with Crippen molar-refractivity contribution in [2.24, 2.45) is 0 Å². The number of aryl methyl sites for hydroxylation is 2. The zero-order valence-electron chi connectivity index (χ0n) is 12.3. The molecule has 3 rings (SSSR count). The second kappa shape index (κ2) is 5.98. The van der Waals surface area contributed by atoms with Crippen molar-refractivity contribution in [3.05, 3.63) is 46.1 Å². The molecule has 0 radical (unpaired) electrons. The van der Waals surface area contributed by atoms with Gasteiger partial charge in [0.1, 0.15) is 4.88 Å². The van der Waals surface area contributed by atoms with Crippen molar-refractivity contribution in [3.8, 4) is 16.8 Å². The van der Waals surface area contributed by atoms with Crippen molar-refractivity contribution < 1.29 is 9.21 Å². The Morgan fingerprint density at radius 2 is 2.00 bits per heavy atom. The molecule has 114 valence electrons. The van der Waals surface area contributed by atoms with E-state index in [1.54, 1.807) is 24.3 Å². The van der Waals surface area contributed by atoms with Crippen molar-refractivity contribution in [1.82, 2.24) is 15.2 Å². The second-order valence-corrected chi connectivity index (χ2v) is 5.91. The number of benzene rings is 1. The van der Waals surface area contributed by atoms with Crippen LogP contribution in [0.4, 0.5) is 6.01 Å². The molecule has 0 spiro atoms. The fourth-order valence-electron chi connectivity index (χ4n) is 1.96. The Labute approximate surface area is 135 Å². The number of carbonyl (C=O) groups is 1. The molecular formula is C15H11N5O2S. The number of nitrogens with zero attached hydrogens (tertiary/aromatic N) is 4. The molecule has 1 N–H and O–H groups in total. The number of rotatable bonds is 3. The Kier molecular flexibility index (Phi) is 3.87. The second-order valence-electron chi connectivity index (χ2n) is 4.70. The molecule has 23 heavy (non-hydrogen) atoms. The maximum absolute atomic E-state index is 12.1. The molecule has 0 aliphatic heterocycles. The molecule has 8 heteroatoms. The normalized spacial score (nSPS) is 10.3. The smallest absolute Gasteiger partial charge is 0.322 e. The first-order valence-corrected chi connectivity index (χ1v) is 7.48. The molecule has 0 bridgehead atoms. The highest BCUT2D eigenvalue weighted by molar-refractivity contribution is 7.15. The molecular weight excluding hydrogens is 314 g/mol. The maximum Gasteiger partial charge on any atom is 0.322 e. The minimum absolute atomic E-state index is 0.0137. The lowest BCUT2D eigenvalue weighted by Gasteiger charge is -2.00. The summed E-state index contributed by atoms with van der Waals surface area (Å²) in [6, 6.07) is 8.26. The third-order valence-electron chi connectivity index (χ3n) is 3.02. The van der Waals surface area contributed by atoms with Gasteiger partial charge in [0.15, 0.2) is 0 Å². The highest BCUT2D eigenvalue weighted by Crippen LogP contribution is 2.29. The van der Waals surface area contributed by atoms with Crippen molar-refractivity contribution in [1.29, 1.82) is 5.26 Å². The largest absolute Gasteiger partial charge is 0.402 e. The first-order valence-electron chi connectivity index (χ1n) is 6.66. The van der Waals surface area contributed by atoms with Gasteiger partial charge in [-0.15, -0.1) is 16.4 Å². The average Bonchev–Trinajstić information content (AvgIpc) is 3.13. The number of thiazole rings is 1. The molecule has 1 amide bonds. The molecule has 2 heterocycles. The van der Waals surface area contributed by atoms with Crippen molar-refractivity contribution in [2.45, 2.75) is 13.8 Å². The number of nitrogens with one attached hydrogen (secondary N) is 1. The fraction of sp³-hybridized carbons (Fsp3) is 0.133. The molecule has 1 aromatic carbocycles. The standard InChI is InChI=1S/C15H11N5O2S/c1-8-12(23-9(2)17-8)14-19-20-15(22-14)18-13(21)11-5-3-10(7-16)4-6-11/h3-6H,1-2H3,(H,18,20,21). The SMILES string of the molecule is Cc1nc(C)c(-c2nnc(NC(=O)c3ccc(C#N)cc3)o2)s1. The van der Waals surface area contributed by atoms with Gasteiger partial charge in [-0.05, 0) is 38.1 Å².